The van der Waals surface area contributed by atoms with Gasteiger partial charge in [-0.2, -0.15) is 0 Å². The number of rotatable bonds is 8. The van der Waals surface area contributed by atoms with Gasteiger partial charge in [0, 0.05) is 17.8 Å². The van der Waals surface area contributed by atoms with Crippen LogP contribution >= 0.6 is 0 Å². The lowest BCUT2D eigenvalue weighted by molar-refractivity contribution is -0.142. The summed E-state index contributed by atoms with van der Waals surface area (Å²) in [5.74, 6) is -1.25. The van der Waals surface area contributed by atoms with Gasteiger partial charge in [0.05, 0.1) is 12.6 Å². The number of likely N-dealkylation sites (tertiary alicyclic amines) is 2. The molecule has 0 radical (unpaired) electrons. The molecule has 0 aromatic heterocycles. The molecule has 4 N–H and O–H groups in total. The van der Waals surface area contributed by atoms with Gasteiger partial charge in [0.2, 0.25) is 5.91 Å². The lowest BCUT2D eigenvalue weighted by atomic mass is 10.0. The van der Waals surface area contributed by atoms with Gasteiger partial charge in [-0.25, -0.2) is 0 Å². The fraction of sp³-hybridized carbons (Fsp3) is 0.583. The number of nitrogens with zero attached hydrogens (tertiary/aromatic N) is 2. The molecule has 2 aliphatic heterocycles. The SMILES string of the molecule is CCCC(O)C(=O)N1CC(=O)C2C1CCN2C(=O)C(CC(C)C)NC(=O)c1ccc(N)cc1. The normalized spacial score (nSPS) is 21.8. The van der Waals surface area contributed by atoms with E-state index in [0.29, 0.717) is 43.5 Å². The molecule has 9 heteroatoms. The fourth-order valence-corrected chi connectivity index (χ4v) is 4.72. The van der Waals surface area contributed by atoms with E-state index in [1.54, 1.807) is 24.3 Å². The van der Waals surface area contributed by atoms with Crippen molar-refractivity contribution < 1.29 is 24.3 Å². The van der Waals surface area contributed by atoms with Crippen molar-refractivity contribution in [1.29, 1.82) is 0 Å². The number of nitrogens with two attached hydrogens (primary N) is 1. The molecule has 0 saturated carbocycles. The molecule has 33 heavy (non-hydrogen) atoms. The number of anilines is 1. The standard InChI is InChI=1S/C24H34N4O5/c1-4-5-19(29)24(33)28-13-20(30)21-18(28)10-11-27(21)23(32)17(12-14(2)3)26-22(31)15-6-8-16(25)9-7-15/h6-9,14,17-19,21,29H,4-5,10-13,25H2,1-3H3,(H,26,31). The van der Waals surface area contributed by atoms with E-state index >= 15 is 0 Å². The van der Waals surface area contributed by atoms with Crippen LogP contribution in [0.2, 0.25) is 0 Å². The molecule has 0 spiro atoms. The fourth-order valence-electron chi connectivity index (χ4n) is 4.72. The van der Waals surface area contributed by atoms with Crippen molar-refractivity contribution in [2.75, 3.05) is 18.8 Å². The number of amides is 3. The smallest absolute Gasteiger partial charge is 0.252 e. The van der Waals surface area contributed by atoms with Crippen LogP contribution in [-0.2, 0) is 14.4 Å². The van der Waals surface area contributed by atoms with E-state index in [9.17, 15) is 24.3 Å². The van der Waals surface area contributed by atoms with Crippen molar-refractivity contribution in [2.45, 2.75) is 70.7 Å². The molecule has 0 bridgehead atoms. The Labute approximate surface area is 194 Å². The Kier molecular flexibility index (Phi) is 7.73. The monoisotopic (exact) mass is 458 g/mol. The molecule has 180 valence electrons. The molecule has 4 atom stereocenters. The predicted molar refractivity (Wildman–Crippen MR) is 123 cm³/mol. The largest absolute Gasteiger partial charge is 0.399 e. The van der Waals surface area contributed by atoms with Gasteiger partial charge in [0.1, 0.15) is 18.2 Å². The average Bonchev–Trinajstić information content (AvgIpc) is 3.34. The quantitative estimate of drug-likeness (QED) is 0.497. The van der Waals surface area contributed by atoms with Gasteiger partial charge in [-0.05, 0) is 49.4 Å². The Morgan fingerprint density at radius 2 is 1.82 bits per heavy atom. The first-order valence-corrected chi connectivity index (χ1v) is 11.6. The number of benzene rings is 1. The summed E-state index contributed by atoms with van der Waals surface area (Å²) in [7, 11) is 0. The highest BCUT2D eigenvalue weighted by Gasteiger charge is 2.52. The van der Waals surface area contributed by atoms with Crippen LogP contribution in [0.5, 0.6) is 0 Å². The van der Waals surface area contributed by atoms with Crippen LogP contribution in [0.15, 0.2) is 24.3 Å². The van der Waals surface area contributed by atoms with E-state index in [2.05, 4.69) is 5.32 Å². The maximum atomic E-state index is 13.5. The topological polar surface area (TPSA) is 133 Å². The molecule has 2 saturated heterocycles. The van der Waals surface area contributed by atoms with Gasteiger partial charge < -0.3 is 26.0 Å². The van der Waals surface area contributed by atoms with Gasteiger partial charge in [-0.3, -0.25) is 19.2 Å². The lowest BCUT2D eigenvalue weighted by Crippen LogP contribution is -2.53. The zero-order valence-corrected chi connectivity index (χ0v) is 19.5. The zero-order chi connectivity index (χ0) is 24.3. The lowest BCUT2D eigenvalue weighted by Gasteiger charge is -2.29. The summed E-state index contributed by atoms with van der Waals surface area (Å²) in [6.45, 7) is 6.00. The molecular formula is C24H34N4O5. The molecule has 3 rings (SSSR count). The van der Waals surface area contributed by atoms with E-state index in [4.69, 9.17) is 5.73 Å². The minimum absolute atomic E-state index is 0.106. The van der Waals surface area contributed by atoms with Crippen molar-refractivity contribution in [3.8, 4) is 0 Å². The minimum Gasteiger partial charge on any atom is -0.399 e. The van der Waals surface area contributed by atoms with Crippen molar-refractivity contribution in [3.63, 3.8) is 0 Å². The molecule has 1 aromatic carbocycles. The van der Waals surface area contributed by atoms with Gasteiger partial charge in [-0.1, -0.05) is 27.2 Å². The van der Waals surface area contributed by atoms with E-state index < -0.39 is 30.1 Å². The first-order chi connectivity index (χ1) is 15.6. The molecule has 3 amide bonds. The van der Waals surface area contributed by atoms with E-state index in [-0.39, 0.29) is 30.1 Å². The summed E-state index contributed by atoms with van der Waals surface area (Å²) in [6, 6.07) is 4.46. The summed E-state index contributed by atoms with van der Waals surface area (Å²) in [4.78, 5) is 54.7. The Balaban J connectivity index is 1.75. The van der Waals surface area contributed by atoms with E-state index in [0.717, 1.165) is 0 Å². The number of fused-ring (bicyclic) bond motifs is 1. The van der Waals surface area contributed by atoms with Gasteiger partial charge in [-0.15, -0.1) is 0 Å². The predicted octanol–water partition coefficient (Wildman–Crippen LogP) is 0.955. The highest BCUT2D eigenvalue weighted by molar-refractivity contribution is 6.01. The van der Waals surface area contributed by atoms with Crippen molar-refractivity contribution in [2.24, 2.45) is 5.92 Å². The van der Waals surface area contributed by atoms with Crippen LogP contribution < -0.4 is 11.1 Å². The Bertz CT molecular complexity index is 901. The maximum absolute atomic E-state index is 13.5. The molecule has 4 unspecified atom stereocenters. The molecule has 1 aromatic rings. The number of aliphatic hydroxyl groups is 1. The van der Waals surface area contributed by atoms with Crippen LogP contribution in [0.25, 0.3) is 0 Å². The number of hydrogen-bond acceptors (Lipinski definition) is 6. The van der Waals surface area contributed by atoms with Gasteiger partial charge in [0.15, 0.2) is 5.78 Å². The van der Waals surface area contributed by atoms with Crippen LogP contribution in [0.1, 0.15) is 56.8 Å². The average molecular weight is 459 g/mol. The number of aliphatic hydroxyl groups excluding tert-OH is 1. The highest BCUT2D eigenvalue weighted by atomic mass is 16.3. The minimum atomic E-state index is -1.14. The third-order valence-electron chi connectivity index (χ3n) is 6.32. The number of hydrogen-bond donors (Lipinski definition) is 3. The number of Topliss-reactive ketones (excluding diaryl/α,β-unsaturated/α-hetero) is 1. The van der Waals surface area contributed by atoms with Crippen LogP contribution in [0.3, 0.4) is 0 Å². The number of carbonyl (C=O) groups is 4. The van der Waals surface area contributed by atoms with Crippen molar-refractivity contribution >= 4 is 29.2 Å². The maximum Gasteiger partial charge on any atom is 0.252 e. The molecule has 2 heterocycles. The highest BCUT2D eigenvalue weighted by Crippen LogP contribution is 2.31. The molecule has 9 nitrogen and oxygen atoms in total. The second-order valence-electron chi connectivity index (χ2n) is 9.35. The summed E-state index contributed by atoms with van der Waals surface area (Å²) < 4.78 is 0. The molecule has 2 fully saturated rings. The Hall–Kier alpha value is -2.94. The molecular weight excluding hydrogens is 424 g/mol. The van der Waals surface area contributed by atoms with Crippen molar-refractivity contribution in [3.05, 3.63) is 29.8 Å². The summed E-state index contributed by atoms with van der Waals surface area (Å²) in [5.41, 5.74) is 6.61. The second kappa shape index (κ2) is 10.3. The van der Waals surface area contributed by atoms with Gasteiger partial charge in [0.25, 0.3) is 11.8 Å². The summed E-state index contributed by atoms with van der Waals surface area (Å²) in [6.07, 6.45) is 0.723. The van der Waals surface area contributed by atoms with Crippen LogP contribution in [-0.4, -0.2) is 75.7 Å². The number of nitrogens with one attached hydrogen (secondary N) is 1. The molecule has 0 aliphatic carbocycles. The van der Waals surface area contributed by atoms with Crippen LogP contribution in [0.4, 0.5) is 5.69 Å². The number of ketones is 1. The zero-order valence-electron chi connectivity index (χ0n) is 19.5. The third-order valence-corrected chi connectivity index (χ3v) is 6.32. The first kappa shape index (κ1) is 24.7. The summed E-state index contributed by atoms with van der Waals surface area (Å²) >= 11 is 0. The summed E-state index contributed by atoms with van der Waals surface area (Å²) in [5, 5.41) is 13.0. The van der Waals surface area contributed by atoms with Gasteiger partial charge >= 0.3 is 0 Å². The Morgan fingerprint density at radius 1 is 1.15 bits per heavy atom. The number of carbonyl (C=O) groups excluding carboxylic acids is 4. The van der Waals surface area contributed by atoms with E-state index in [1.807, 2.05) is 20.8 Å². The Morgan fingerprint density at radius 3 is 2.42 bits per heavy atom. The first-order valence-electron chi connectivity index (χ1n) is 11.6. The third kappa shape index (κ3) is 5.35. The van der Waals surface area contributed by atoms with Crippen molar-refractivity contribution in [1.82, 2.24) is 15.1 Å². The molecule has 2 aliphatic rings. The number of nitrogen functional groups attached to an aromatic ring is 1. The van der Waals surface area contributed by atoms with Crippen LogP contribution in [0, 0.1) is 5.92 Å². The van der Waals surface area contributed by atoms with E-state index in [1.165, 1.54) is 9.80 Å². The second-order valence-corrected chi connectivity index (χ2v) is 9.35.